The number of amides is 1. The first-order valence-corrected chi connectivity index (χ1v) is 7.80. The van der Waals surface area contributed by atoms with Crippen LogP contribution in [0.15, 0.2) is 42.6 Å². The fraction of sp³-hybridized carbons (Fsp3) is 0.368. The van der Waals surface area contributed by atoms with Crippen molar-refractivity contribution in [2.24, 2.45) is 0 Å². The van der Waals surface area contributed by atoms with Crippen LogP contribution in [0.3, 0.4) is 0 Å². The van der Waals surface area contributed by atoms with E-state index in [1.54, 1.807) is 18.3 Å². The van der Waals surface area contributed by atoms with E-state index in [9.17, 15) is 9.18 Å². The van der Waals surface area contributed by atoms with E-state index >= 15 is 0 Å². The van der Waals surface area contributed by atoms with Crippen molar-refractivity contribution in [3.05, 3.63) is 54.0 Å². The second kappa shape index (κ2) is 6.59. The Bertz CT molecular complexity index is 719. The summed E-state index contributed by atoms with van der Waals surface area (Å²) in [5.74, 6) is -0.290. The van der Waals surface area contributed by atoms with Crippen LogP contribution in [-0.4, -0.2) is 16.7 Å². The Kier molecular flexibility index (Phi) is 4.92. The molecule has 5 heteroatoms. The van der Waals surface area contributed by atoms with Gasteiger partial charge in [-0.15, -0.1) is 0 Å². The summed E-state index contributed by atoms with van der Waals surface area (Å²) < 4.78 is 18.4. The van der Waals surface area contributed by atoms with Crippen LogP contribution < -0.4 is 5.32 Å². The molecule has 0 aliphatic rings. The fourth-order valence-corrected chi connectivity index (χ4v) is 2.23. The number of alkyl carbamates (subject to hydrolysis) is 1. The molecule has 0 radical (unpaired) electrons. The SMILES string of the molecule is CC(C)(C)OC(=O)NC(C)(C)c1ccnc(-c2ccc(F)cc2)c1. The molecule has 24 heavy (non-hydrogen) atoms. The lowest BCUT2D eigenvalue weighted by Crippen LogP contribution is -2.43. The largest absolute Gasteiger partial charge is 0.444 e. The maximum Gasteiger partial charge on any atom is 0.408 e. The first-order chi connectivity index (χ1) is 11.1. The highest BCUT2D eigenvalue weighted by Gasteiger charge is 2.26. The number of rotatable bonds is 3. The third kappa shape index (κ3) is 4.78. The van der Waals surface area contributed by atoms with E-state index in [0.717, 1.165) is 11.1 Å². The molecule has 0 aliphatic heterocycles. The van der Waals surface area contributed by atoms with Crippen LogP contribution in [0.1, 0.15) is 40.2 Å². The van der Waals surface area contributed by atoms with Crippen LogP contribution >= 0.6 is 0 Å². The molecule has 0 saturated carbocycles. The van der Waals surface area contributed by atoms with Gasteiger partial charge in [-0.05, 0) is 76.6 Å². The van der Waals surface area contributed by atoms with Crippen LogP contribution in [-0.2, 0) is 10.3 Å². The van der Waals surface area contributed by atoms with Crippen LogP contribution in [0, 0.1) is 5.82 Å². The summed E-state index contributed by atoms with van der Waals surface area (Å²) in [7, 11) is 0. The molecule has 4 nitrogen and oxygen atoms in total. The van der Waals surface area contributed by atoms with E-state index in [1.165, 1.54) is 12.1 Å². The molecule has 2 rings (SSSR count). The van der Waals surface area contributed by atoms with Crippen molar-refractivity contribution in [3.63, 3.8) is 0 Å². The minimum absolute atomic E-state index is 0.290. The van der Waals surface area contributed by atoms with Crippen molar-refractivity contribution in [2.75, 3.05) is 0 Å². The van der Waals surface area contributed by atoms with E-state index < -0.39 is 17.2 Å². The molecule has 2 aromatic rings. The van der Waals surface area contributed by atoms with Gasteiger partial charge in [0.15, 0.2) is 0 Å². The van der Waals surface area contributed by atoms with Crippen molar-refractivity contribution in [1.29, 1.82) is 0 Å². The highest BCUT2D eigenvalue weighted by atomic mass is 19.1. The van der Waals surface area contributed by atoms with Crippen LogP contribution in [0.25, 0.3) is 11.3 Å². The second-order valence-corrected chi connectivity index (χ2v) is 7.19. The number of nitrogens with zero attached hydrogens (tertiary/aromatic N) is 1. The number of ether oxygens (including phenoxy) is 1. The molecular weight excluding hydrogens is 307 g/mol. The molecule has 0 aliphatic carbocycles. The zero-order valence-corrected chi connectivity index (χ0v) is 14.7. The summed E-state index contributed by atoms with van der Waals surface area (Å²) in [6, 6.07) is 9.86. The maximum absolute atomic E-state index is 13.1. The van der Waals surface area contributed by atoms with Crippen LogP contribution in [0.2, 0.25) is 0 Å². The van der Waals surface area contributed by atoms with Gasteiger partial charge >= 0.3 is 6.09 Å². The summed E-state index contributed by atoms with van der Waals surface area (Å²) in [4.78, 5) is 16.4. The summed E-state index contributed by atoms with van der Waals surface area (Å²) in [6.07, 6.45) is 1.19. The molecule has 0 unspecified atom stereocenters. The molecule has 1 heterocycles. The number of nitrogens with one attached hydrogen (secondary N) is 1. The fourth-order valence-electron chi connectivity index (χ4n) is 2.23. The van der Waals surface area contributed by atoms with Gasteiger partial charge in [0.2, 0.25) is 0 Å². The Morgan fingerprint density at radius 1 is 1.08 bits per heavy atom. The Balaban J connectivity index is 2.23. The van der Waals surface area contributed by atoms with E-state index in [2.05, 4.69) is 10.3 Å². The Labute approximate surface area is 142 Å². The second-order valence-electron chi connectivity index (χ2n) is 7.19. The number of pyridine rings is 1. The average molecular weight is 330 g/mol. The number of carbonyl (C=O) groups excluding carboxylic acids is 1. The third-order valence-corrected chi connectivity index (χ3v) is 3.44. The average Bonchev–Trinajstić information content (AvgIpc) is 2.45. The van der Waals surface area contributed by atoms with Gasteiger partial charge in [-0.3, -0.25) is 4.98 Å². The molecule has 0 fully saturated rings. The zero-order valence-electron chi connectivity index (χ0n) is 14.7. The molecule has 128 valence electrons. The van der Waals surface area contributed by atoms with Crippen molar-refractivity contribution in [1.82, 2.24) is 10.3 Å². The quantitative estimate of drug-likeness (QED) is 0.891. The first kappa shape index (κ1) is 17.9. The highest BCUT2D eigenvalue weighted by molar-refractivity contribution is 5.69. The maximum atomic E-state index is 13.1. The molecule has 0 spiro atoms. The summed E-state index contributed by atoms with van der Waals surface area (Å²) in [6.45, 7) is 9.23. The molecule has 1 aromatic carbocycles. The molecule has 1 N–H and O–H groups in total. The van der Waals surface area contributed by atoms with E-state index in [4.69, 9.17) is 4.74 Å². The predicted molar refractivity (Wildman–Crippen MR) is 92.0 cm³/mol. The van der Waals surface area contributed by atoms with Gasteiger partial charge in [-0.1, -0.05) is 0 Å². The van der Waals surface area contributed by atoms with E-state index in [-0.39, 0.29) is 5.82 Å². The van der Waals surface area contributed by atoms with Gasteiger partial charge in [-0.2, -0.15) is 0 Å². The predicted octanol–water partition coefficient (Wildman–Crippen LogP) is 4.65. The summed E-state index contributed by atoms with van der Waals surface area (Å²) in [5.41, 5.74) is 1.21. The van der Waals surface area contributed by atoms with Gasteiger partial charge < -0.3 is 10.1 Å². The van der Waals surface area contributed by atoms with Crippen LogP contribution in [0.5, 0.6) is 0 Å². The Hall–Kier alpha value is -2.43. The molecular formula is C19H23FN2O2. The highest BCUT2D eigenvalue weighted by Crippen LogP contribution is 2.25. The Morgan fingerprint density at radius 3 is 2.29 bits per heavy atom. The zero-order chi connectivity index (χ0) is 18.0. The number of hydrogen-bond donors (Lipinski definition) is 1. The van der Waals surface area contributed by atoms with Gasteiger partial charge in [0.25, 0.3) is 0 Å². The van der Waals surface area contributed by atoms with Crippen molar-refractivity contribution < 1.29 is 13.9 Å². The lowest BCUT2D eigenvalue weighted by atomic mass is 9.94. The van der Waals surface area contributed by atoms with Crippen molar-refractivity contribution in [2.45, 2.75) is 45.8 Å². The molecule has 1 amide bonds. The lowest BCUT2D eigenvalue weighted by Gasteiger charge is -2.29. The van der Waals surface area contributed by atoms with E-state index in [1.807, 2.05) is 46.8 Å². The third-order valence-electron chi connectivity index (χ3n) is 3.44. The van der Waals surface area contributed by atoms with Crippen LogP contribution in [0.4, 0.5) is 9.18 Å². The normalized spacial score (nSPS) is 11.9. The number of hydrogen-bond acceptors (Lipinski definition) is 3. The molecule has 0 saturated heterocycles. The van der Waals surface area contributed by atoms with Crippen molar-refractivity contribution >= 4 is 6.09 Å². The van der Waals surface area contributed by atoms with Gasteiger partial charge in [0, 0.05) is 11.8 Å². The first-order valence-electron chi connectivity index (χ1n) is 7.80. The Morgan fingerprint density at radius 2 is 1.71 bits per heavy atom. The minimum atomic E-state index is -0.639. The van der Waals surface area contributed by atoms with Gasteiger partial charge in [0.05, 0.1) is 11.2 Å². The van der Waals surface area contributed by atoms with Gasteiger partial charge in [0.1, 0.15) is 11.4 Å². The minimum Gasteiger partial charge on any atom is -0.444 e. The van der Waals surface area contributed by atoms with Gasteiger partial charge in [-0.25, -0.2) is 9.18 Å². The lowest BCUT2D eigenvalue weighted by molar-refractivity contribution is 0.0470. The monoisotopic (exact) mass is 330 g/mol. The van der Waals surface area contributed by atoms with Crippen molar-refractivity contribution in [3.8, 4) is 11.3 Å². The number of carbonyl (C=O) groups is 1. The smallest absolute Gasteiger partial charge is 0.408 e. The topological polar surface area (TPSA) is 51.2 Å². The number of halogens is 1. The van der Waals surface area contributed by atoms with E-state index in [0.29, 0.717) is 5.69 Å². The summed E-state index contributed by atoms with van der Waals surface area (Å²) >= 11 is 0. The molecule has 1 aromatic heterocycles. The standard InChI is InChI=1S/C19H23FN2O2/c1-18(2,3)24-17(23)22-19(4,5)14-10-11-21-16(12-14)13-6-8-15(20)9-7-13/h6-12H,1-5H3,(H,22,23). The number of aromatic nitrogens is 1. The molecule has 0 bridgehead atoms. The summed E-state index contributed by atoms with van der Waals surface area (Å²) in [5, 5.41) is 2.87. The molecule has 0 atom stereocenters. The number of benzene rings is 1.